The molecule has 1 aromatic carbocycles. The van der Waals surface area contributed by atoms with Crippen LogP contribution in [0.4, 0.5) is 0 Å². The number of aryl methyl sites for hydroxylation is 1. The van der Waals surface area contributed by atoms with Crippen molar-refractivity contribution in [1.82, 2.24) is 19.6 Å². The van der Waals surface area contributed by atoms with Gasteiger partial charge in [0, 0.05) is 35.1 Å². The van der Waals surface area contributed by atoms with Crippen LogP contribution < -0.4 is 0 Å². The molecule has 4 aromatic heterocycles. The van der Waals surface area contributed by atoms with E-state index in [0.717, 1.165) is 56.3 Å². The summed E-state index contributed by atoms with van der Waals surface area (Å²) in [7, 11) is 0. The Morgan fingerprint density at radius 2 is 1.97 bits per heavy atom. The SMILES string of the molecule is Cc1cccc(-c2nn3ccccc3c2-c2ccnc3cc(C=CC(=O)O)ccc23)n1. The van der Waals surface area contributed by atoms with E-state index in [-0.39, 0.29) is 0 Å². The van der Waals surface area contributed by atoms with Gasteiger partial charge in [-0.25, -0.2) is 9.31 Å². The third-order valence-corrected chi connectivity index (χ3v) is 5.13. The number of rotatable bonds is 4. The van der Waals surface area contributed by atoms with Gasteiger partial charge in [-0.15, -0.1) is 0 Å². The monoisotopic (exact) mass is 406 g/mol. The Kier molecular flexibility index (Phi) is 4.52. The van der Waals surface area contributed by atoms with Gasteiger partial charge in [-0.05, 0) is 60.5 Å². The Bertz CT molecular complexity index is 1480. The highest BCUT2D eigenvalue weighted by molar-refractivity contribution is 6.03. The van der Waals surface area contributed by atoms with Crippen molar-refractivity contribution in [2.24, 2.45) is 0 Å². The van der Waals surface area contributed by atoms with Gasteiger partial charge in [0.05, 0.1) is 16.7 Å². The highest BCUT2D eigenvalue weighted by Crippen LogP contribution is 2.38. The van der Waals surface area contributed by atoms with Crippen LogP contribution in [0.3, 0.4) is 0 Å². The first-order valence-electron chi connectivity index (χ1n) is 9.82. The standard InChI is InChI=1S/C25H18N4O2/c1-16-5-4-6-20(27-16)25-24(22-7-2-3-14-29(22)28-25)19-12-13-26-21-15-17(8-10-18(19)21)9-11-23(30)31/h2-15H,1H3,(H,30,31). The number of aromatic nitrogens is 4. The predicted octanol–water partition coefficient (Wildman–Crippen LogP) is 5.02. The van der Waals surface area contributed by atoms with Crippen LogP contribution >= 0.6 is 0 Å². The van der Waals surface area contributed by atoms with E-state index in [0.29, 0.717) is 0 Å². The lowest BCUT2D eigenvalue weighted by Gasteiger charge is -2.08. The van der Waals surface area contributed by atoms with Crippen molar-refractivity contribution < 1.29 is 9.90 Å². The zero-order chi connectivity index (χ0) is 21.4. The van der Waals surface area contributed by atoms with Crippen molar-refractivity contribution in [3.05, 3.63) is 90.4 Å². The quantitative estimate of drug-likeness (QED) is 0.424. The van der Waals surface area contributed by atoms with Crippen molar-refractivity contribution in [2.45, 2.75) is 6.92 Å². The first-order chi connectivity index (χ1) is 15.1. The van der Waals surface area contributed by atoms with Crippen LogP contribution in [0.5, 0.6) is 0 Å². The molecule has 0 amide bonds. The van der Waals surface area contributed by atoms with Crippen molar-refractivity contribution in [3.8, 4) is 22.5 Å². The van der Waals surface area contributed by atoms with Crippen molar-refractivity contribution >= 4 is 28.5 Å². The molecule has 0 saturated heterocycles. The van der Waals surface area contributed by atoms with Crippen LogP contribution in [-0.4, -0.2) is 30.7 Å². The second kappa shape index (κ2) is 7.50. The van der Waals surface area contributed by atoms with Gasteiger partial charge in [-0.3, -0.25) is 9.97 Å². The summed E-state index contributed by atoms with van der Waals surface area (Å²) in [6.45, 7) is 1.97. The Morgan fingerprint density at radius 3 is 2.81 bits per heavy atom. The number of hydrogen-bond donors (Lipinski definition) is 1. The molecule has 150 valence electrons. The van der Waals surface area contributed by atoms with E-state index in [1.165, 1.54) is 0 Å². The van der Waals surface area contributed by atoms with E-state index < -0.39 is 5.97 Å². The van der Waals surface area contributed by atoms with Crippen LogP contribution in [0.25, 0.3) is 45.0 Å². The molecule has 4 heterocycles. The fraction of sp³-hybridized carbons (Fsp3) is 0.0400. The molecular formula is C25H18N4O2. The molecule has 31 heavy (non-hydrogen) atoms. The molecule has 0 unspecified atom stereocenters. The number of carbonyl (C=O) groups is 1. The molecule has 0 aliphatic rings. The molecule has 5 rings (SSSR count). The maximum absolute atomic E-state index is 10.8. The van der Waals surface area contributed by atoms with E-state index in [2.05, 4.69) is 4.98 Å². The van der Waals surface area contributed by atoms with E-state index in [4.69, 9.17) is 15.2 Å². The zero-order valence-corrected chi connectivity index (χ0v) is 16.7. The average molecular weight is 406 g/mol. The summed E-state index contributed by atoms with van der Waals surface area (Å²) in [6, 6.07) is 19.6. The second-order valence-corrected chi connectivity index (χ2v) is 7.22. The Morgan fingerprint density at radius 1 is 1.06 bits per heavy atom. The molecular weight excluding hydrogens is 388 g/mol. The van der Waals surface area contributed by atoms with Gasteiger partial charge in [-0.2, -0.15) is 5.10 Å². The highest BCUT2D eigenvalue weighted by Gasteiger charge is 2.19. The summed E-state index contributed by atoms with van der Waals surface area (Å²) < 4.78 is 1.87. The maximum atomic E-state index is 10.8. The highest BCUT2D eigenvalue weighted by atomic mass is 16.4. The van der Waals surface area contributed by atoms with E-state index >= 15 is 0 Å². The van der Waals surface area contributed by atoms with Crippen LogP contribution in [-0.2, 0) is 4.79 Å². The smallest absolute Gasteiger partial charge is 0.328 e. The van der Waals surface area contributed by atoms with Crippen LogP contribution in [0.1, 0.15) is 11.3 Å². The minimum Gasteiger partial charge on any atom is -0.478 e. The molecule has 1 N–H and O–H groups in total. The molecule has 0 bridgehead atoms. The molecule has 0 atom stereocenters. The molecule has 5 aromatic rings. The molecule has 0 aliphatic carbocycles. The van der Waals surface area contributed by atoms with Gasteiger partial charge in [-0.1, -0.05) is 24.3 Å². The van der Waals surface area contributed by atoms with Gasteiger partial charge >= 0.3 is 5.97 Å². The summed E-state index contributed by atoms with van der Waals surface area (Å²) in [5, 5.41) is 14.7. The average Bonchev–Trinajstić information content (AvgIpc) is 3.16. The number of benzene rings is 1. The number of carboxylic acid groups (broad SMARTS) is 1. The summed E-state index contributed by atoms with van der Waals surface area (Å²) >= 11 is 0. The van der Waals surface area contributed by atoms with Gasteiger partial charge in [0.2, 0.25) is 0 Å². The summed E-state index contributed by atoms with van der Waals surface area (Å²) in [5.74, 6) is -0.983. The first-order valence-corrected chi connectivity index (χ1v) is 9.82. The fourth-order valence-electron chi connectivity index (χ4n) is 3.77. The van der Waals surface area contributed by atoms with Gasteiger partial charge < -0.3 is 5.11 Å². The van der Waals surface area contributed by atoms with Crippen LogP contribution in [0, 0.1) is 6.92 Å². The van der Waals surface area contributed by atoms with E-state index in [1.54, 1.807) is 12.3 Å². The van der Waals surface area contributed by atoms with Gasteiger partial charge in [0.25, 0.3) is 0 Å². The van der Waals surface area contributed by atoms with E-state index in [9.17, 15) is 4.79 Å². The summed E-state index contributed by atoms with van der Waals surface area (Å²) in [6.07, 6.45) is 6.38. The molecule has 6 nitrogen and oxygen atoms in total. The third-order valence-electron chi connectivity index (χ3n) is 5.13. The lowest BCUT2D eigenvalue weighted by atomic mass is 9.97. The van der Waals surface area contributed by atoms with Crippen molar-refractivity contribution in [3.63, 3.8) is 0 Å². The molecule has 0 spiro atoms. The Hall–Kier alpha value is -4.32. The van der Waals surface area contributed by atoms with Crippen LogP contribution in [0.15, 0.2) is 79.1 Å². The number of nitrogens with zero attached hydrogens (tertiary/aromatic N) is 4. The molecule has 6 heteroatoms. The Balaban J connectivity index is 1.77. The lowest BCUT2D eigenvalue weighted by Crippen LogP contribution is -1.91. The molecule has 0 fully saturated rings. The molecule has 0 saturated carbocycles. The lowest BCUT2D eigenvalue weighted by molar-refractivity contribution is -0.131. The Labute approximate surface area is 178 Å². The normalized spacial score (nSPS) is 11.5. The minimum atomic E-state index is -0.983. The zero-order valence-electron chi connectivity index (χ0n) is 16.7. The van der Waals surface area contributed by atoms with E-state index in [1.807, 2.05) is 78.3 Å². The fourth-order valence-corrected chi connectivity index (χ4v) is 3.77. The minimum absolute atomic E-state index is 0.778. The number of hydrogen-bond acceptors (Lipinski definition) is 4. The number of aliphatic carboxylic acids is 1. The largest absolute Gasteiger partial charge is 0.478 e. The topological polar surface area (TPSA) is 80.4 Å². The summed E-state index contributed by atoms with van der Waals surface area (Å²) in [4.78, 5) is 20.1. The molecule has 0 radical (unpaired) electrons. The number of pyridine rings is 3. The maximum Gasteiger partial charge on any atom is 0.328 e. The number of carboxylic acids is 1. The predicted molar refractivity (Wildman–Crippen MR) is 121 cm³/mol. The molecule has 0 aliphatic heterocycles. The van der Waals surface area contributed by atoms with Crippen LogP contribution in [0.2, 0.25) is 0 Å². The van der Waals surface area contributed by atoms with Gasteiger partial charge in [0.15, 0.2) is 0 Å². The first kappa shape index (κ1) is 18.7. The second-order valence-electron chi connectivity index (χ2n) is 7.22. The third kappa shape index (κ3) is 3.44. The van der Waals surface area contributed by atoms with Gasteiger partial charge in [0.1, 0.15) is 5.69 Å². The van der Waals surface area contributed by atoms with Crippen molar-refractivity contribution in [1.29, 1.82) is 0 Å². The number of fused-ring (bicyclic) bond motifs is 2. The van der Waals surface area contributed by atoms with Crippen molar-refractivity contribution in [2.75, 3.05) is 0 Å². The summed E-state index contributed by atoms with van der Waals surface area (Å²) in [5.41, 5.74) is 7.06.